The molecule has 0 saturated heterocycles. The molecule has 0 aliphatic heterocycles. The summed E-state index contributed by atoms with van der Waals surface area (Å²) in [5.74, 6) is 0. The molecule has 0 aromatic rings. The molecule has 17 heavy (non-hydrogen) atoms. The highest BCUT2D eigenvalue weighted by Gasteiger charge is 2.00. The molecule has 0 saturated carbocycles. The molecule has 0 amide bonds. The summed E-state index contributed by atoms with van der Waals surface area (Å²) < 4.78 is -0.148. The van der Waals surface area contributed by atoms with Crippen LogP contribution in [0.3, 0.4) is 0 Å². The van der Waals surface area contributed by atoms with E-state index in [1.807, 2.05) is 0 Å². The largest absolute Gasteiger partial charge is 0.633 e. The zero-order chi connectivity index (χ0) is 13.0. The maximum Gasteiger partial charge on any atom is 0.0779 e. The zero-order valence-electron chi connectivity index (χ0n) is 11.8. The van der Waals surface area contributed by atoms with E-state index in [1.165, 1.54) is 51.4 Å². The van der Waals surface area contributed by atoms with Crippen LogP contribution in [0.1, 0.15) is 64.2 Å². The second-order valence-electron chi connectivity index (χ2n) is 5.56. The van der Waals surface area contributed by atoms with E-state index in [1.54, 1.807) is 14.1 Å². The molecule has 1 N–H and O–H groups in total. The number of unbranched alkanes of at least 4 members (excludes halogenated alkanes) is 9. The lowest BCUT2D eigenvalue weighted by Crippen LogP contribution is -2.32. The molecule has 0 aliphatic rings. The number of hydroxylamine groups is 3. The third kappa shape index (κ3) is 15.9. The lowest BCUT2D eigenvalue weighted by molar-refractivity contribution is -0.840. The van der Waals surface area contributed by atoms with Crippen molar-refractivity contribution in [2.24, 2.45) is 0 Å². The topological polar surface area (TPSA) is 43.3 Å². The van der Waals surface area contributed by atoms with Crippen molar-refractivity contribution in [2.75, 3.05) is 27.2 Å². The Balaban J connectivity index is 2.99. The average molecular weight is 245 g/mol. The maximum absolute atomic E-state index is 11.3. The fraction of sp³-hybridized carbons (Fsp3) is 1.00. The predicted octanol–water partition coefficient (Wildman–Crippen LogP) is 3.45. The smallest absolute Gasteiger partial charge is 0.0779 e. The van der Waals surface area contributed by atoms with E-state index in [0.717, 1.165) is 19.4 Å². The van der Waals surface area contributed by atoms with Crippen LogP contribution in [-0.4, -0.2) is 37.0 Å². The van der Waals surface area contributed by atoms with Gasteiger partial charge in [-0.2, -0.15) is 0 Å². The number of nitrogens with zero attached hydrogens (tertiary/aromatic N) is 1. The fourth-order valence-electron chi connectivity index (χ4n) is 2.02. The number of hydrogen-bond acceptors (Lipinski definition) is 2. The van der Waals surface area contributed by atoms with Gasteiger partial charge in [-0.25, -0.2) is 0 Å². The maximum atomic E-state index is 11.3. The van der Waals surface area contributed by atoms with Crippen molar-refractivity contribution in [1.82, 2.24) is 0 Å². The van der Waals surface area contributed by atoms with E-state index in [4.69, 9.17) is 5.11 Å². The molecule has 0 atom stereocenters. The molecular formula is C14H31NO2. The number of aliphatic hydroxyl groups is 1. The highest BCUT2D eigenvalue weighted by Crippen LogP contribution is 2.11. The van der Waals surface area contributed by atoms with E-state index in [0.29, 0.717) is 6.61 Å². The lowest BCUT2D eigenvalue weighted by atomic mass is 10.1. The van der Waals surface area contributed by atoms with Gasteiger partial charge in [0.25, 0.3) is 0 Å². The molecule has 0 aliphatic carbocycles. The van der Waals surface area contributed by atoms with Gasteiger partial charge in [-0.1, -0.05) is 44.9 Å². The van der Waals surface area contributed by atoms with Crippen LogP contribution < -0.4 is 0 Å². The Labute approximate surface area is 107 Å². The summed E-state index contributed by atoms with van der Waals surface area (Å²) in [7, 11) is 3.43. The normalized spacial score (nSPS) is 12.0. The summed E-state index contributed by atoms with van der Waals surface area (Å²) in [6.07, 6.45) is 12.2. The monoisotopic (exact) mass is 245 g/mol. The Bertz CT molecular complexity index is 155. The molecule has 0 radical (unpaired) electrons. The van der Waals surface area contributed by atoms with Crippen molar-refractivity contribution in [2.45, 2.75) is 64.2 Å². The molecule has 0 bridgehead atoms. The Morgan fingerprint density at radius 3 is 1.41 bits per heavy atom. The number of quaternary nitrogens is 1. The summed E-state index contributed by atoms with van der Waals surface area (Å²) in [4.78, 5) is 0. The van der Waals surface area contributed by atoms with Crippen molar-refractivity contribution in [3.8, 4) is 0 Å². The standard InChI is InChI=1S/C14H31NO2/c1-15(2,17)13-11-9-7-5-3-4-6-8-10-12-14-16/h16H,3-14H2,1-2H3. The van der Waals surface area contributed by atoms with Crippen LogP contribution in [0.25, 0.3) is 0 Å². The van der Waals surface area contributed by atoms with Crippen molar-refractivity contribution in [3.63, 3.8) is 0 Å². The van der Waals surface area contributed by atoms with Gasteiger partial charge < -0.3 is 15.0 Å². The molecule has 3 heteroatoms. The van der Waals surface area contributed by atoms with Gasteiger partial charge in [0.2, 0.25) is 0 Å². The minimum atomic E-state index is -0.148. The molecule has 0 unspecified atom stereocenters. The number of hydrogen-bond donors (Lipinski definition) is 1. The fourth-order valence-corrected chi connectivity index (χ4v) is 2.02. The number of aliphatic hydroxyl groups excluding tert-OH is 1. The minimum Gasteiger partial charge on any atom is -0.633 e. The molecule has 3 nitrogen and oxygen atoms in total. The van der Waals surface area contributed by atoms with Gasteiger partial charge in [-0.15, -0.1) is 0 Å². The van der Waals surface area contributed by atoms with Crippen molar-refractivity contribution in [3.05, 3.63) is 5.21 Å². The van der Waals surface area contributed by atoms with Gasteiger partial charge in [-0.3, -0.25) is 0 Å². The Morgan fingerprint density at radius 1 is 0.706 bits per heavy atom. The summed E-state index contributed by atoms with van der Waals surface area (Å²) in [5, 5.41) is 19.9. The molecule has 0 heterocycles. The first kappa shape index (κ1) is 16.9. The molecule has 0 rings (SSSR count). The van der Waals surface area contributed by atoms with Gasteiger partial charge in [0.05, 0.1) is 20.6 Å². The second kappa shape index (κ2) is 11.0. The number of rotatable bonds is 12. The average Bonchev–Trinajstić information content (AvgIpc) is 2.24. The van der Waals surface area contributed by atoms with E-state index < -0.39 is 0 Å². The highest BCUT2D eigenvalue weighted by atomic mass is 16.5. The third-order valence-electron chi connectivity index (χ3n) is 3.10. The molecule has 0 aromatic heterocycles. The molecule has 0 fully saturated rings. The lowest BCUT2D eigenvalue weighted by Gasteiger charge is -2.33. The van der Waals surface area contributed by atoms with Gasteiger partial charge in [0.1, 0.15) is 0 Å². The Morgan fingerprint density at radius 2 is 1.06 bits per heavy atom. The predicted molar refractivity (Wildman–Crippen MR) is 73.6 cm³/mol. The van der Waals surface area contributed by atoms with Crippen LogP contribution in [0.4, 0.5) is 0 Å². The second-order valence-corrected chi connectivity index (χ2v) is 5.56. The van der Waals surface area contributed by atoms with Crippen molar-refractivity contribution >= 4 is 0 Å². The zero-order valence-corrected chi connectivity index (χ0v) is 11.8. The summed E-state index contributed by atoms with van der Waals surface area (Å²) in [5.41, 5.74) is 0. The van der Waals surface area contributed by atoms with Crippen molar-refractivity contribution in [1.29, 1.82) is 0 Å². The van der Waals surface area contributed by atoms with E-state index >= 15 is 0 Å². The van der Waals surface area contributed by atoms with E-state index in [-0.39, 0.29) is 4.65 Å². The molecule has 104 valence electrons. The van der Waals surface area contributed by atoms with Crippen LogP contribution in [0, 0.1) is 5.21 Å². The van der Waals surface area contributed by atoms with Crippen LogP contribution >= 0.6 is 0 Å². The Hall–Kier alpha value is -0.120. The minimum absolute atomic E-state index is 0.148. The van der Waals surface area contributed by atoms with Gasteiger partial charge in [0.15, 0.2) is 0 Å². The highest BCUT2D eigenvalue weighted by molar-refractivity contribution is 4.48. The SMILES string of the molecule is C[N+](C)([O-])CCCCCCCCCCCCO. The molecule has 0 aromatic carbocycles. The molecular weight excluding hydrogens is 214 g/mol. The molecule has 0 spiro atoms. The van der Waals surface area contributed by atoms with Gasteiger partial charge >= 0.3 is 0 Å². The first-order valence-electron chi connectivity index (χ1n) is 7.21. The van der Waals surface area contributed by atoms with Gasteiger partial charge in [-0.05, 0) is 19.3 Å². The van der Waals surface area contributed by atoms with E-state index in [9.17, 15) is 5.21 Å². The van der Waals surface area contributed by atoms with Crippen LogP contribution in [-0.2, 0) is 0 Å². The first-order valence-corrected chi connectivity index (χ1v) is 7.21. The van der Waals surface area contributed by atoms with Crippen molar-refractivity contribution < 1.29 is 9.75 Å². The van der Waals surface area contributed by atoms with Crippen LogP contribution in [0.2, 0.25) is 0 Å². The third-order valence-corrected chi connectivity index (χ3v) is 3.10. The first-order chi connectivity index (χ1) is 8.06. The van der Waals surface area contributed by atoms with E-state index in [2.05, 4.69) is 0 Å². The summed E-state index contributed by atoms with van der Waals surface area (Å²) in [6, 6.07) is 0. The summed E-state index contributed by atoms with van der Waals surface area (Å²) >= 11 is 0. The van der Waals surface area contributed by atoms with Crippen LogP contribution in [0.5, 0.6) is 0 Å². The van der Waals surface area contributed by atoms with Crippen LogP contribution in [0.15, 0.2) is 0 Å². The quantitative estimate of drug-likeness (QED) is 0.325. The Kier molecular flexibility index (Phi) is 10.9. The van der Waals surface area contributed by atoms with Gasteiger partial charge in [0, 0.05) is 6.61 Å². The summed E-state index contributed by atoms with van der Waals surface area (Å²) in [6.45, 7) is 1.09.